The number of fused-ring (bicyclic) bond motifs is 2. The first-order valence-corrected chi connectivity index (χ1v) is 8.21. The topological polar surface area (TPSA) is 58.4 Å². The van der Waals surface area contributed by atoms with Gasteiger partial charge in [0.1, 0.15) is 0 Å². The lowest BCUT2D eigenvalue weighted by molar-refractivity contribution is -0.116. The van der Waals surface area contributed by atoms with Crippen molar-refractivity contribution in [2.24, 2.45) is 5.92 Å². The Morgan fingerprint density at radius 2 is 2.00 bits per heavy atom. The van der Waals surface area contributed by atoms with Crippen LogP contribution in [-0.4, -0.2) is 18.5 Å². The Labute approximate surface area is 125 Å². The van der Waals surface area contributed by atoms with E-state index in [1.165, 1.54) is 37.7 Å². The number of nitrogens with zero attached hydrogens (tertiary/aromatic N) is 1. The van der Waals surface area contributed by atoms with Crippen LogP contribution in [0, 0.1) is 5.92 Å². The maximum atomic E-state index is 11.6. The largest absolute Gasteiger partial charge is 0.397 e. The Hall–Kier alpha value is -1.71. The molecule has 2 fully saturated rings. The summed E-state index contributed by atoms with van der Waals surface area (Å²) in [6.07, 6.45) is 8.02. The van der Waals surface area contributed by atoms with E-state index in [2.05, 4.69) is 22.3 Å². The van der Waals surface area contributed by atoms with E-state index < -0.39 is 0 Å². The molecule has 1 saturated carbocycles. The van der Waals surface area contributed by atoms with Gasteiger partial charge in [-0.15, -0.1) is 0 Å². The van der Waals surface area contributed by atoms with Gasteiger partial charge in [0.05, 0.1) is 11.4 Å². The monoisotopic (exact) mass is 285 g/mol. The predicted molar refractivity (Wildman–Crippen MR) is 85.5 cm³/mol. The number of nitrogens with one attached hydrogen (secondary N) is 1. The molecular weight excluding hydrogens is 262 g/mol. The lowest BCUT2D eigenvalue weighted by Crippen LogP contribution is -2.35. The van der Waals surface area contributed by atoms with Gasteiger partial charge in [0.2, 0.25) is 5.91 Å². The average Bonchev–Trinajstić information content (AvgIpc) is 2.91. The van der Waals surface area contributed by atoms with Crippen molar-refractivity contribution in [2.75, 3.05) is 22.5 Å². The van der Waals surface area contributed by atoms with Crippen molar-refractivity contribution >= 4 is 23.0 Å². The van der Waals surface area contributed by atoms with E-state index in [4.69, 9.17) is 5.73 Å². The molecule has 2 unspecified atom stereocenters. The molecule has 0 bridgehead atoms. The number of anilines is 3. The molecule has 0 aromatic heterocycles. The molecule has 4 rings (SSSR count). The minimum Gasteiger partial charge on any atom is -0.397 e. The first-order chi connectivity index (χ1) is 10.2. The maximum Gasteiger partial charge on any atom is 0.224 e. The van der Waals surface area contributed by atoms with Crippen LogP contribution in [0.25, 0.3) is 0 Å². The van der Waals surface area contributed by atoms with Crippen molar-refractivity contribution in [1.82, 2.24) is 0 Å². The van der Waals surface area contributed by atoms with Crippen molar-refractivity contribution in [3.8, 4) is 0 Å². The van der Waals surface area contributed by atoms with Crippen molar-refractivity contribution in [3.05, 3.63) is 17.7 Å². The summed E-state index contributed by atoms with van der Waals surface area (Å²) in [5, 5.41) is 3.00. The number of hydrogen-bond donors (Lipinski definition) is 2. The first kappa shape index (κ1) is 13.0. The van der Waals surface area contributed by atoms with Gasteiger partial charge in [-0.3, -0.25) is 4.79 Å². The third kappa shape index (κ3) is 2.17. The van der Waals surface area contributed by atoms with Gasteiger partial charge in [-0.1, -0.05) is 12.8 Å². The SMILES string of the molecule is Nc1cc2c(cc1N1CCC3CCCCC31)NC(=O)CC2. The molecule has 2 aliphatic heterocycles. The van der Waals surface area contributed by atoms with Crippen LogP contribution >= 0.6 is 0 Å². The number of amides is 1. The highest BCUT2D eigenvalue weighted by molar-refractivity contribution is 5.95. The zero-order chi connectivity index (χ0) is 14.4. The third-order valence-electron chi connectivity index (χ3n) is 5.47. The highest BCUT2D eigenvalue weighted by atomic mass is 16.1. The van der Waals surface area contributed by atoms with Crippen LogP contribution < -0.4 is 16.0 Å². The number of carbonyl (C=O) groups is 1. The van der Waals surface area contributed by atoms with Crippen molar-refractivity contribution in [1.29, 1.82) is 0 Å². The number of hydrogen-bond acceptors (Lipinski definition) is 3. The molecule has 1 aliphatic carbocycles. The van der Waals surface area contributed by atoms with Gasteiger partial charge < -0.3 is 16.0 Å². The summed E-state index contributed by atoms with van der Waals surface area (Å²) in [4.78, 5) is 14.1. The molecule has 1 amide bonds. The van der Waals surface area contributed by atoms with Crippen molar-refractivity contribution < 1.29 is 4.79 Å². The van der Waals surface area contributed by atoms with E-state index >= 15 is 0 Å². The van der Waals surface area contributed by atoms with E-state index in [9.17, 15) is 4.79 Å². The summed E-state index contributed by atoms with van der Waals surface area (Å²) in [7, 11) is 0. The molecule has 2 atom stereocenters. The molecule has 4 heteroatoms. The molecule has 0 radical (unpaired) electrons. The average molecular weight is 285 g/mol. The quantitative estimate of drug-likeness (QED) is 0.780. The smallest absolute Gasteiger partial charge is 0.224 e. The number of nitrogen functional groups attached to an aromatic ring is 1. The maximum absolute atomic E-state index is 11.6. The van der Waals surface area contributed by atoms with Crippen LogP contribution in [0.1, 0.15) is 44.1 Å². The summed E-state index contributed by atoms with van der Waals surface area (Å²) in [5.41, 5.74) is 10.5. The lowest BCUT2D eigenvalue weighted by atomic mass is 9.85. The number of benzene rings is 1. The number of aryl methyl sites for hydroxylation is 1. The van der Waals surface area contributed by atoms with Gasteiger partial charge in [0.25, 0.3) is 0 Å². The fourth-order valence-electron chi connectivity index (χ4n) is 4.39. The van der Waals surface area contributed by atoms with Crippen LogP contribution in [0.4, 0.5) is 17.1 Å². The molecule has 2 heterocycles. The molecule has 3 N–H and O–H groups in total. The van der Waals surface area contributed by atoms with E-state index in [0.717, 1.165) is 35.9 Å². The predicted octanol–water partition coefficient (Wildman–Crippen LogP) is 2.92. The summed E-state index contributed by atoms with van der Waals surface area (Å²) >= 11 is 0. The Morgan fingerprint density at radius 3 is 2.90 bits per heavy atom. The second-order valence-electron chi connectivity index (χ2n) is 6.71. The van der Waals surface area contributed by atoms with Crippen LogP contribution in [0.15, 0.2) is 12.1 Å². The van der Waals surface area contributed by atoms with E-state index in [1.807, 2.05) is 0 Å². The molecule has 1 aromatic carbocycles. The molecule has 1 saturated heterocycles. The zero-order valence-corrected chi connectivity index (χ0v) is 12.4. The molecule has 21 heavy (non-hydrogen) atoms. The van der Waals surface area contributed by atoms with Crippen LogP contribution in [0.2, 0.25) is 0 Å². The third-order valence-corrected chi connectivity index (χ3v) is 5.47. The van der Waals surface area contributed by atoms with E-state index in [0.29, 0.717) is 12.5 Å². The van der Waals surface area contributed by atoms with E-state index in [1.54, 1.807) is 0 Å². The van der Waals surface area contributed by atoms with Gasteiger partial charge in [0, 0.05) is 24.7 Å². The second-order valence-corrected chi connectivity index (χ2v) is 6.71. The summed E-state index contributed by atoms with van der Waals surface area (Å²) in [6.45, 7) is 1.10. The van der Waals surface area contributed by atoms with Gasteiger partial charge in [-0.05, 0) is 49.3 Å². The summed E-state index contributed by atoms with van der Waals surface area (Å²) in [6, 6.07) is 4.83. The Bertz CT molecular complexity index is 584. The van der Waals surface area contributed by atoms with Crippen LogP contribution in [0.3, 0.4) is 0 Å². The standard InChI is InChI=1S/C17H23N3O/c18-13-9-12-5-6-17(21)19-14(12)10-16(13)20-8-7-11-3-1-2-4-15(11)20/h9-11,15H,1-8,18H2,(H,19,21). The first-order valence-electron chi connectivity index (χ1n) is 8.21. The zero-order valence-electron chi connectivity index (χ0n) is 12.4. The van der Waals surface area contributed by atoms with Gasteiger partial charge in [0.15, 0.2) is 0 Å². The number of rotatable bonds is 1. The van der Waals surface area contributed by atoms with Crippen LogP contribution in [-0.2, 0) is 11.2 Å². The second kappa shape index (κ2) is 4.93. The molecule has 4 nitrogen and oxygen atoms in total. The minimum atomic E-state index is 0.121. The molecule has 1 aromatic rings. The molecule has 3 aliphatic rings. The molecular formula is C17H23N3O. The highest BCUT2D eigenvalue weighted by Crippen LogP contribution is 2.42. The van der Waals surface area contributed by atoms with Gasteiger partial charge >= 0.3 is 0 Å². The molecule has 112 valence electrons. The summed E-state index contributed by atoms with van der Waals surface area (Å²) < 4.78 is 0. The Balaban J connectivity index is 1.68. The fourth-order valence-corrected chi connectivity index (χ4v) is 4.39. The molecule has 0 spiro atoms. The van der Waals surface area contributed by atoms with Gasteiger partial charge in [-0.2, -0.15) is 0 Å². The number of nitrogens with two attached hydrogens (primary N) is 1. The van der Waals surface area contributed by atoms with Crippen molar-refractivity contribution in [3.63, 3.8) is 0 Å². The fraction of sp³-hybridized carbons (Fsp3) is 0.588. The summed E-state index contributed by atoms with van der Waals surface area (Å²) in [5.74, 6) is 0.957. The minimum absolute atomic E-state index is 0.121. The van der Waals surface area contributed by atoms with Crippen LogP contribution in [0.5, 0.6) is 0 Å². The normalized spacial score (nSPS) is 28.0. The highest BCUT2D eigenvalue weighted by Gasteiger charge is 2.36. The Kier molecular flexibility index (Phi) is 3.05. The van der Waals surface area contributed by atoms with E-state index in [-0.39, 0.29) is 5.91 Å². The number of carbonyl (C=O) groups excluding carboxylic acids is 1. The van der Waals surface area contributed by atoms with Crippen molar-refractivity contribution in [2.45, 2.75) is 51.0 Å². The van der Waals surface area contributed by atoms with Gasteiger partial charge in [-0.25, -0.2) is 0 Å². The Morgan fingerprint density at radius 1 is 1.14 bits per heavy atom. The lowest BCUT2D eigenvalue weighted by Gasteiger charge is -2.34.